The van der Waals surface area contributed by atoms with E-state index in [1.165, 1.54) is 11.3 Å². The molecule has 0 unspecified atom stereocenters. The van der Waals surface area contributed by atoms with Gasteiger partial charge in [0, 0.05) is 12.2 Å². The summed E-state index contributed by atoms with van der Waals surface area (Å²) in [6, 6.07) is 10.7. The number of carbonyl (C=O) groups excluding carboxylic acids is 1. The average Bonchev–Trinajstić information content (AvgIpc) is 3.22. The summed E-state index contributed by atoms with van der Waals surface area (Å²) in [6.45, 7) is 2.07. The van der Waals surface area contributed by atoms with Gasteiger partial charge in [0.15, 0.2) is 0 Å². The van der Waals surface area contributed by atoms with Gasteiger partial charge in [0.05, 0.1) is 23.2 Å². The number of aryl methyl sites for hydroxylation is 1. The van der Waals surface area contributed by atoms with Gasteiger partial charge in [-0.05, 0) is 36.1 Å². The van der Waals surface area contributed by atoms with Crippen molar-refractivity contribution >= 4 is 33.0 Å². The third-order valence-corrected chi connectivity index (χ3v) is 5.14. The summed E-state index contributed by atoms with van der Waals surface area (Å²) in [5, 5.41) is 4.75. The highest BCUT2D eigenvalue weighted by atomic mass is 32.2. The molecule has 0 atom stereocenters. The largest absolute Gasteiger partial charge is 0.440 e. The van der Waals surface area contributed by atoms with Crippen molar-refractivity contribution in [2.75, 3.05) is 11.0 Å². The Morgan fingerprint density at radius 2 is 2.07 bits per heavy atom. The van der Waals surface area contributed by atoms with Crippen LogP contribution < -0.4 is 10.0 Å². The van der Waals surface area contributed by atoms with E-state index in [1.54, 1.807) is 25.1 Å². The third kappa shape index (κ3) is 5.41. The van der Waals surface area contributed by atoms with Crippen LogP contribution in [0.4, 0.5) is 5.69 Å². The number of benzene rings is 1. The van der Waals surface area contributed by atoms with Gasteiger partial charge in [0.1, 0.15) is 5.76 Å². The second-order valence-corrected chi connectivity index (χ2v) is 8.72. The minimum absolute atomic E-state index is 0.113. The number of rotatable bonds is 7. The van der Waals surface area contributed by atoms with Crippen molar-refractivity contribution in [2.45, 2.75) is 19.9 Å². The molecule has 9 heteroatoms. The van der Waals surface area contributed by atoms with Crippen molar-refractivity contribution in [1.29, 1.82) is 0 Å². The molecule has 0 fully saturated rings. The summed E-state index contributed by atoms with van der Waals surface area (Å²) in [6.07, 6.45) is 1.20. The zero-order valence-corrected chi connectivity index (χ0v) is 16.5. The number of anilines is 1. The maximum absolute atomic E-state index is 12.2. The Labute approximate surface area is 161 Å². The summed E-state index contributed by atoms with van der Waals surface area (Å²) in [5.41, 5.74) is 1.84. The lowest BCUT2D eigenvalue weighted by Gasteiger charge is -2.08. The van der Waals surface area contributed by atoms with E-state index in [1.807, 2.05) is 23.6 Å². The zero-order chi connectivity index (χ0) is 19.4. The average molecular weight is 406 g/mol. The number of nitrogens with one attached hydrogen (secondary N) is 2. The monoisotopic (exact) mass is 405 g/mol. The SMILES string of the molecule is Cc1oc(-c2cccs2)nc1CC(=O)NCc1cccc(NS(C)(=O)=O)c1. The zero-order valence-electron chi connectivity index (χ0n) is 14.9. The Hall–Kier alpha value is -2.65. The summed E-state index contributed by atoms with van der Waals surface area (Å²) >= 11 is 1.52. The van der Waals surface area contributed by atoms with Crippen molar-refractivity contribution < 1.29 is 17.6 Å². The number of carbonyl (C=O) groups is 1. The molecular weight excluding hydrogens is 386 g/mol. The summed E-state index contributed by atoms with van der Waals surface area (Å²) in [4.78, 5) is 17.6. The van der Waals surface area contributed by atoms with Crippen molar-refractivity contribution in [3.8, 4) is 10.8 Å². The molecule has 0 radical (unpaired) electrons. The number of aromatic nitrogens is 1. The van der Waals surface area contributed by atoms with Gasteiger partial charge in [-0.3, -0.25) is 9.52 Å². The summed E-state index contributed by atoms with van der Waals surface area (Å²) < 4.78 is 30.7. The molecule has 0 aliphatic rings. The number of oxazole rings is 1. The van der Waals surface area contributed by atoms with Gasteiger partial charge in [-0.1, -0.05) is 18.2 Å². The van der Waals surface area contributed by atoms with Crippen LogP contribution in [0.5, 0.6) is 0 Å². The van der Waals surface area contributed by atoms with Crippen LogP contribution in [-0.2, 0) is 27.8 Å². The Balaban J connectivity index is 1.60. The highest BCUT2D eigenvalue weighted by molar-refractivity contribution is 7.92. The van der Waals surface area contributed by atoms with Gasteiger partial charge in [-0.25, -0.2) is 13.4 Å². The van der Waals surface area contributed by atoms with Gasteiger partial charge in [0.25, 0.3) is 0 Å². The fourth-order valence-electron chi connectivity index (χ4n) is 2.47. The van der Waals surface area contributed by atoms with Crippen LogP contribution in [0, 0.1) is 6.92 Å². The molecule has 3 aromatic rings. The normalized spacial score (nSPS) is 11.3. The molecule has 0 spiro atoms. The Morgan fingerprint density at radius 3 is 2.78 bits per heavy atom. The first-order valence-corrected chi connectivity index (χ1v) is 10.9. The lowest BCUT2D eigenvalue weighted by atomic mass is 10.2. The molecule has 7 nitrogen and oxygen atoms in total. The van der Waals surface area contributed by atoms with Crippen LogP contribution in [0.1, 0.15) is 17.0 Å². The second-order valence-electron chi connectivity index (χ2n) is 6.03. The molecule has 0 aliphatic heterocycles. The maximum Gasteiger partial charge on any atom is 0.236 e. The molecule has 0 saturated carbocycles. The second kappa shape index (κ2) is 7.93. The topological polar surface area (TPSA) is 101 Å². The lowest BCUT2D eigenvalue weighted by Crippen LogP contribution is -2.25. The highest BCUT2D eigenvalue weighted by Crippen LogP contribution is 2.26. The first-order chi connectivity index (χ1) is 12.8. The number of amides is 1. The van der Waals surface area contributed by atoms with Gasteiger partial charge < -0.3 is 9.73 Å². The van der Waals surface area contributed by atoms with Crippen LogP contribution in [0.3, 0.4) is 0 Å². The van der Waals surface area contributed by atoms with E-state index >= 15 is 0 Å². The molecule has 27 heavy (non-hydrogen) atoms. The fraction of sp³-hybridized carbons (Fsp3) is 0.222. The summed E-state index contributed by atoms with van der Waals surface area (Å²) in [5.74, 6) is 0.948. The van der Waals surface area contributed by atoms with E-state index in [-0.39, 0.29) is 18.9 Å². The Kier molecular flexibility index (Phi) is 5.62. The number of sulfonamides is 1. The molecule has 0 saturated heterocycles. The molecule has 3 rings (SSSR count). The van der Waals surface area contributed by atoms with Crippen LogP contribution in [0.2, 0.25) is 0 Å². The van der Waals surface area contributed by atoms with Gasteiger partial charge in [-0.15, -0.1) is 11.3 Å². The summed E-state index contributed by atoms with van der Waals surface area (Å²) in [7, 11) is -3.34. The van der Waals surface area contributed by atoms with E-state index in [0.29, 0.717) is 23.0 Å². The van der Waals surface area contributed by atoms with Gasteiger partial charge >= 0.3 is 0 Å². The predicted octanol–water partition coefficient (Wildman–Crippen LogP) is 2.94. The van der Waals surface area contributed by atoms with Crippen LogP contribution in [-0.4, -0.2) is 25.6 Å². The van der Waals surface area contributed by atoms with E-state index in [2.05, 4.69) is 15.0 Å². The van der Waals surface area contributed by atoms with Crippen molar-refractivity contribution in [3.05, 3.63) is 58.8 Å². The van der Waals surface area contributed by atoms with E-state index in [9.17, 15) is 13.2 Å². The maximum atomic E-state index is 12.2. The molecule has 1 amide bonds. The Bertz CT molecular complexity index is 1040. The molecule has 2 aromatic heterocycles. The van der Waals surface area contributed by atoms with E-state index in [4.69, 9.17) is 4.42 Å². The lowest BCUT2D eigenvalue weighted by molar-refractivity contribution is -0.120. The molecule has 2 heterocycles. The molecule has 1 aromatic carbocycles. The standard InChI is InChI=1S/C18H19N3O4S2/c1-12-15(20-18(25-12)16-7-4-8-26-16)10-17(22)19-11-13-5-3-6-14(9-13)21-27(2,23)24/h3-9,21H,10-11H2,1-2H3,(H,19,22). The van der Waals surface area contributed by atoms with Crippen LogP contribution in [0.15, 0.2) is 46.2 Å². The van der Waals surface area contributed by atoms with E-state index in [0.717, 1.165) is 16.7 Å². The number of nitrogens with zero attached hydrogens (tertiary/aromatic N) is 1. The first kappa shape index (κ1) is 19.1. The quantitative estimate of drug-likeness (QED) is 0.629. The van der Waals surface area contributed by atoms with Crippen molar-refractivity contribution in [1.82, 2.24) is 10.3 Å². The number of hydrogen-bond acceptors (Lipinski definition) is 6. The van der Waals surface area contributed by atoms with Gasteiger partial charge in [-0.2, -0.15) is 0 Å². The predicted molar refractivity (Wildman–Crippen MR) is 105 cm³/mol. The molecular formula is C18H19N3O4S2. The molecule has 2 N–H and O–H groups in total. The smallest absolute Gasteiger partial charge is 0.236 e. The minimum atomic E-state index is -3.34. The van der Waals surface area contributed by atoms with Gasteiger partial charge in [0.2, 0.25) is 21.8 Å². The van der Waals surface area contributed by atoms with Crippen molar-refractivity contribution in [3.63, 3.8) is 0 Å². The fourth-order valence-corrected chi connectivity index (χ4v) is 3.68. The highest BCUT2D eigenvalue weighted by Gasteiger charge is 2.15. The first-order valence-electron chi connectivity index (χ1n) is 8.14. The van der Waals surface area contributed by atoms with E-state index < -0.39 is 10.0 Å². The van der Waals surface area contributed by atoms with Crippen molar-refractivity contribution in [2.24, 2.45) is 0 Å². The third-order valence-electron chi connectivity index (χ3n) is 3.67. The molecule has 142 valence electrons. The van der Waals surface area contributed by atoms with Crippen LogP contribution in [0.25, 0.3) is 10.8 Å². The van der Waals surface area contributed by atoms with Crippen LogP contribution >= 0.6 is 11.3 Å². The molecule has 0 aliphatic carbocycles. The molecule has 0 bridgehead atoms. The Morgan fingerprint density at radius 1 is 1.26 bits per heavy atom. The number of hydrogen-bond donors (Lipinski definition) is 2. The minimum Gasteiger partial charge on any atom is -0.440 e. The number of thiophene rings is 1.